The van der Waals surface area contributed by atoms with Crippen LogP contribution in [-0.2, 0) is 17.3 Å². The number of nitrogens with zero attached hydrogens (tertiary/aromatic N) is 1. The summed E-state index contributed by atoms with van der Waals surface area (Å²) in [4.78, 5) is 2.36. The summed E-state index contributed by atoms with van der Waals surface area (Å²) in [6.45, 7) is 0. The maximum atomic E-state index is 3.57. The molecule has 18 aromatic rings. The summed E-state index contributed by atoms with van der Waals surface area (Å²) >= 11 is 3.57. The summed E-state index contributed by atoms with van der Waals surface area (Å²) in [6, 6.07) is 164. The van der Waals surface area contributed by atoms with Gasteiger partial charge in [-0.15, -0.1) is 0 Å². The molecule has 0 heterocycles. The Morgan fingerprint density at radius 1 is 0.168 bits per heavy atom. The second kappa shape index (κ2) is 29.2. The lowest BCUT2D eigenvalue weighted by atomic mass is 9.70. The Labute approximate surface area is 670 Å². The van der Waals surface area contributed by atoms with E-state index in [0.717, 1.165) is 28.0 Å². The first-order chi connectivity index (χ1) is 55.9. The van der Waals surface area contributed by atoms with Crippen molar-refractivity contribution in [1.29, 1.82) is 0 Å². The standard InChI is InChI=1S/C55H37N.C31H19Br.C25H20/c1-3-13-38(14-4-1)40-23-30-44(31-24-40)56(45-32-25-41(26-33-45)39-15-5-2-6-16-39)46-34-27-42(28-35-46)43-29-36-50-49-19-9-12-22-53(49)55(54(50)37-43)51-20-10-7-17-47(51)48-18-8-11-21-52(48)55;32-22-16-13-20(14-17-22)21-15-18-26-25-9-3-6-12-29(25)31(30(26)19-21)27-10-4-1-7-23(27)24-8-2-5-11-28(24)31;1-3-7-22(8-4-1)24-15-11-20(12-16-24)19-21-13-17-25(18-14-21)23-9-5-2-6-10-23/h1-37H;1-19H;1-18H,19H2. The van der Waals surface area contributed by atoms with Crippen LogP contribution in [0, 0.1) is 0 Å². The normalized spacial score (nSPS) is 12.6. The molecule has 18 aromatic carbocycles. The van der Waals surface area contributed by atoms with Gasteiger partial charge in [-0.2, -0.15) is 0 Å². The highest BCUT2D eigenvalue weighted by Crippen LogP contribution is 2.65. The van der Waals surface area contributed by atoms with Crippen molar-refractivity contribution < 1.29 is 0 Å². The van der Waals surface area contributed by atoms with Gasteiger partial charge in [0, 0.05) is 21.5 Å². The number of hydrogen-bond acceptors (Lipinski definition) is 1. The van der Waals surface area contributed by atoms with Crippen molar-refractivity contribution in [2.75, 3.05) is 4.90 Å². The second-order valence-corrected chi connectivity index (χ2v) is 30.7. The molecule has 0 saturated carbocycles. The van der Waals surface area contributed by atoms with Crippen LogP contribution in [0.3, 0.4) is 0 Å². The molecular weight excluding hydrogens is 1430 g/mol. The fraction of sp³-hybridized carbons (Fsp3) is 0.0270. The molecule has 0 aliphatic heterocycles. The van der Waals surface area contributed by atoms with Crippen molar-refractivity contribution in [2.45, 2.75) is 17.3 Å². The fourth-order valence-corrected chi connectivity index (χ4v) is 18.7. The zero-order valence-corrected chi connectivity index (χ0v) is 63.8. The lowest BCUT2D eigenvalue weighted by molar-refractivity contribution is 0.794. The van der Waals surface area contributed by atoms with Gasteiger partial charge in [-0.25, -0.2) is 0 Å². The molecule has 0 amide bonds. The van der Waals surface area contributed by atoms with Gasteiger partial charge in [-0.3, -0.25) is 0 Å². The minimum absolute atomic E-state index is 0.273. The molecule has 0 fully saturated rings. The van der Waals surface area contributed by atoms with Crippen molar-refractivity contribution in [3.63, 3.8) is 0 Å². The molecular formula is C111H76BrN. The van der Waals surface area contributed by atoms with Crippen molar-refractivity contribution in [3.8, 4) is 111 Å². The fourth-order valence-electron chi connectivity index (χ4n) is 18.4. The van der Waals surface area contributed by atoms with Crippen molar-refractivity contribution in [2.24, 2.45) is 0 Å². The third kappa shape index (κ3) is 12.1. The topological polar surface area (TPSA) is 3.24 Å². The van der Waals surface area contributed by atoms with Gasteiger partial charge in [-0.1, -0.05) is 404 Å². The van der Waals surface area contributed by atoms with Gasteiger partial charge in [0.1, 0.15) is 0 Å². The molecule has 2 spiro atoms. The molecule has 0 N–H and O–H groups in total. The molecule has 0 unspecified atom stereocenters. The minimum Gasteiger partial charge on any atom is -0.311 e. The Kier molecular flexibility index (Phi) is 17.7. The molecule has 113 heavy (non-hydrogen) atoms. The molecule has 1 nitrogen and oxygen atoms in total. The number of rotatable bonds is 11. The van der Waals surface area contributed by atoms with E-state index < -0.39 is 0 Å². The van der Waals surface area contributed by atoms with Crippen molar-refractivity contribution >= 4 is 33.0 Å². The van der Waals surface area contributed by atoms with Crippen LogP contribution in [0.5, 0.6) is 0 Å². The quantitative estimate of drug-likeness (QED) is 0.125. The summed E-state index contributed by atoms with van der Waals surface area (Å²) in [7, 11) is 0. The number of anilines is 3. The predicted octanol–water partition coefficient (Wildman–Crippen LogP) is 29.6. The van der Waals surface area contributed by atoms with Crippen LogP contribution in [0.4, 0.5) is 17.1 Å². The smallest absolute Gasteiger partial charge is 0.0725 e. The largest absolute Gasteiger partial charge is 0.311 e. The SMILES string of the molecule is Brc1ccc(-c2ccc3c(c2)C2(c4ccccc4-c4ccccc42)c2ccccc2-3)cc1.c1ccc(-c2ccc(Cc3ccc(-c4ccccc4)cc3)cc2)cc1.c1ccc(-c2ccc(N(c3ccc(-c4ccccc4)cc3)c3ccc(-c4ccc5c(c4)C4(c6ccccc6-c6ccccc64)c4ccccc4-5)cc3)cc2)cc1. The summed E-state index contributed by atoms with van der Waals surface area (Å²) < 4.78 is 1.10. The summed E-state index contributed by atoms with van der Waals surface area (Å²) in [6.07, 6.45) is 0.962. The molecule has 0 bridgehead atoms. The van der Waals surface area contributed by atoms with Crippen LogP contribution in [0.25, 0.3) is 111 Å². The van der Waals surface area contributed by atoms with E-state index in [1.165, 1.54) is 167 Å². The van der Waals surface area contributed by atoms with Crippen LogP contribution in [-0.4, -0.2) is 0 Å². The van der Waals surface area contributed by atoms with E-state index in [0.29, 0.717) is 0 Å². The Bertz CT molecular complexity index is 6220. The Morgan fingerprint density at radius 2 is 0.363 bits per heavy atom. The van der Waals surface area contributed by atoms with Crippen LogP contribution in [0.1, 0.15) is 55.6 Å². The van der Waals surface area contributed by atoms with Gasteiger partial charge in [0.05, 0.1) is 10.8 Å². The summed E-state index contributed by atoms with van der Waals surface area (Å²) in [5.41, 5.74) is 41.9. The van der Waals surface area contributed by atoms with Gasteiger partial charge < -0.3 is 4.90 Å². The lowest BCUT2D eigenvalue weighted by Crippen LogP contribution is -2.25. The van der Waals surface area contributed by atoms with E-state index in [1.54, 1.807) is 0 Å². The van der Waals surface area contributed by atoms with E-state index in [1.807, 2.05) is 0 Å². The molecule has 0 aromatic heterocycles. The van der Waals surface area contributed by atoms with Gasteiger partial charge in [0.25, 0.3) is 0 Å². The summed E-state index contributed by atoms with van der Waals surface area (Å²) in [5, 5.41) is 0. The minimum atomic E-state index is -0.357. The van der Waals surface area contributed by atoms with Gasteiger partial charge >= 0.3 is 0 Å². The first-order valence-electron chi connectivity index (χ1n) is 39.1. The molecule has 0 radical (unpaired) electrons. The Hall–Kier alpha value is -13.8. The predicted molar refractivity (Wildman–Crippen MR) is 476 cm³/mol. The summed E-state index contributed by atoms with van der Waals surface area (Å²) in [5.74, 6) is 0. The van der Waals surface area contributed by atoms with E-state index in [4.69, 9.17) is 0 Å². The molecule has 2 heteroatoms. The number of hydrogen-bond donors (Lipinski definition) is 0. The van der Waals surface area contributed by atoms with E-state index in [9.17, 15) is 0 Å². The first-order valence-corrected chi connectivity index (χ1v) is 39.9. The highest BCUT2D eigenvalue weighted by atomic mass is 79.9. The average Bonchev–Trinajstić information content (AvgIpc) is 1.52. The second-order valence-electron chi connectivity index (χ2n) is 29.8. The Morgan fingerprint density at radius 3 is 0.628 bits per heavy atom. The van der Waals surface area contributed by atoms with Gasteiger partial charge in [0.2, 0.25) is 0 Å². The first kappa shape index (κ1) is 68.5. The molecule has 22 rings (SSSR count). The van der Waals surface area contributed by atoms with Crippen LogP contribution < -0.4 is 4.90 Å². The Balaban J connectivity index is 0.000000122. The zero-order chi connectivity index (χ0) is 75.2. The third-order valence-electron chi connectivity index (χ3n) is 23.6. The third-order valence-corrected chi connectivity index (χ3v) is 24.2. The molecule has 4 aliphatic carbocycles. The van der Waals surface area contributed by atoms with Gasteiger partial charge in [-0.05, 0) is 234 Å². The highest BCUT2D eigenvalue weighted by Gasteiger charge is 2.53. The molecule has 0 atom stereocenters. The maximum Gasteiger partial charge on any atom is 0.0725 e. The van der Waals surface area contributed by atoms with E-state index >= 15 is 0 Å². The van der Waals surface area contributed by atoms with Crippen LogP contribution >= 0.6 is 15.9 Å². The molecule has 532 valence electrons. The number of halogens is 1. The molecule has 4 aliphatic rings. The average molecular weight is 1500 g/mol. The monoisotopic (exact) mass is 1500 g/mol. The number of fused-ring (bicyclic) bond motifs is 20. The van der Waals surface area contributed by atoms with Crippen molar-refractivity contribution in [1.82, 2.24) is 0 Å². The van der Waals surface area contributed by atoms with Gasteiger partial charge in [0.15, 0.2) is 0 Å². The van der Waals surface area contributed by atoms with Crippen molar-refractivity contribution in [3.05, 3.63) is 509 Å². The van der Waals surface area contributed by atoms with Crippen LogP contribution in [0.15, 0.2) is 453 Å². The number of benzene rings is 18. The maximum absolute atomic E-state index is 3.57. The van der Waals surface area contributed by atoms with E-state index in [2.05, 4.69) is 470 Å². The van der Waals surface area contributed by atoms with E-state index in [-0.39, 0.29) is 10.8 Å². The zero-order valence-electron chi connectivity index (χ0n) is 62.3. The van der Waals surface area contributed by atoms with Crippen LogP contribution in [0.2, 0.25) is 0 Å². The lowest BCUT2D eigenvalue weighted by Gasteiger charge is -2.30. The highest BCUT2D eigenvalue weighted by molar-refractivity contribution is 9.10. The molecule has 0 saturated heterocycles.